The first kappa shape index (κ1) is 12.1. The molecule has 0 radical (unpaired) electrons. The van der Waals surface area contributed by atoms with Crippen LogP contribution >= 0.6 is 0 Å². The minimum Gasteiger partial charge on any atom is -0.289 e. The smallest absolute Gasteiger partial charge is 0.188 e. The van der Waals surface area contributed by atoms with Crippen molar-refractivity contribution in [2.75, 3.05) is 0 Å². The third-order valence-corrected chi connectivity index (χ3v) is 3.20. The minimum absolute atomic E-state index is 0.115. The van der Waals surface area contributed by atoms with E-state index in [1.165, 1.54) is 24.8 Å². The van der Waals surface area contributed by atoms with Gasteiger partial charge in [0.1, 0.15) is 0 Å². The van der Waals surface area contributed by atoms with E-state index in [-0.39, 0.29) is 5.78 Å². The van der Waals surface area contributed by atoms with Crippen molar-refractivity contribution in [3.8, 4) is 0 Å². The van der Waals surface area contributed by atoms with Crippen LogP contribution in [0.5, 0.6) is 0 Å². The normalized spacial score (nSPS) is 15.9. The van der Waals surface area contributed by atoms with E-state index in [9.17, 15) is 4.79 Å². The fraction of sp³-hybridized carbons (Fsp3) is 0.571. The van der Waals surface area contributed by atoms with Crippen LogP contribution in [0.15, 0.2) is 24.0 Å². The van der Waals surface area contributed by atoms with Gasteiger partial charge in [-0.2, -0.15) is 5.10 Å². The fourth-order valence-corrected chi connectivity index (χ4v) is 2.26. The third-order valence-electron chi connectivity index (χ3n) is 3.20. The van der Waals surface area contributed by atoms with Gasteiger partial charge in [-0.1, -0.05) is 18.9 Å². The summed E-state index contributed by atoms with van der Waals surface area (Å²) in [6.45, 7) is 2.98. The number of carbonyl (C=O) groups is 1. The van der Waals surface area contributed by atoms with Gasteiger partial charge in [0.05, 0.1) is 11.8 Å². The Kier molecular flexibility index (Phi) is 4.13. The molecule has 17 heavy (non-hydrogen) atoms. The van der Waals surface area contributed by atoms with Crippen LogP contribution in [-0.2, 0) is 6.54 Å². The lowest BCUT2D eigenvalue weighted by molar-refractivity contribution is 0.104. The molecule has 0 N–H and O–H groups in total. The molecule has 0 spiro atoms. The molecule has 1 heterocycles. The molecule has 3 nitrogen and oxygen atoms in total. The van der Waals surface area contributed by atoms with Crippen molar-refractivity contribution < 1.29 is 4.79 Å². The predicted octanol–water partition coefficient (Wildman–Crippen LogP) is 3.37. The maximum atomic E-state index is 12.0. The molecule has 1 aliphatic rings. The van der Waals surface area contributed by atoms with E-state index in [4.69, 9.17) is 0 Å². The summed E-state index contributed by atoms with van der Waals surface area (Å²) in [5, 5.41) is 4.19. The van der Waals surface area contributed by atoms with E-state index in [0.717, 1.165) is 31.4 Å². The van der Waals surface area contributed by atoms with Crippen LogP contribution in [0.4, 0.5) is 0 Å². The first-order chi connectivity index (χ1) is 8.29. The van der Waals surface area contributed by atoms with E-state index in [1.54, 1.807) is 6.20 Å². The summed E-state index contributed by atoms with van der Waals surface area (Å²) in [5.74, 6) is 0.115. The summed E-state index contributed by atoms with van der Waals surface area (Å²) in [4.78, 5) is 12.0. The van der Waals surface area contributed by atoms with Crippen molar-refractivity contribution in [2.24, 2.45) is 0 Å². The zero-order chi connectivity index (χ0) is 12.1. The SMILES string of the molecule is CCCn1cc(C(=O)C=C2CCCCC2)cn1. The van der Waals surface area contributed by atoms with Crippen molar-refractivity contribution in [3.05, 3.63) is 29.6 Å². The first-order valence-corrected chi connectivity index (χ1v) is 6.56. The second-order valence-electron chi connectivity index (χ2n) is 4.72. The van der Waals surface area contributed by atoms with Gasteiger partial charge >= 0.3 is 0 Å². The summed E-state index contributed by atoms with van der Waals surface area (Å²) in [5.41, 5.74) is 2.03. The van der Waals surface area contributed by atoms with Gasteiger partial charge in [0, 0.05) is 12.7 Å². The van der Waals surface area contributed by atoms with E-state index >= 15 is 0 Å². The van der Waals surface area contributed by atoms with Crippen LogP contribution in [0.25, 0.3) is 0 Å². The number of hydrogen-bond acceptors (Lipinski definition) is 2. The molecule has 0 bridgehead atoms. The predicted molar refractivity (Wildman–Crippen MR) is 68.0 cm³/mol. The number of ketones is 1. The zero-order valence-corrected chi connectivity index (χ0v) is 10.5. The maximum Gasteiger partial charge on any atom is 0.188 e. The van der Waals surface area contributed by atoms with Gasteiger partial charge in [0.25, 0.3) is 0 Å². The van der Waals surface area contributed by atoms with Crippen LogP contribution in [0.2, 0.25) is 0 Å². The van der Waals surface area contributed by atoms with Gasteiger partial charge in [-0.3, -0.25) is 9.48 Å². The quantitative estimate of drug-likeness (QED) is 0.589. The molecule has 1 fully saturated rings. The van der Waals surface area contributed by atoms with Gasteiger partial charge in [0.2, 0.25) is 0 Å². The van der Waals surface area contributed by atoms with Gasteiger partial charge in [-0.05, 0) is 38.2 Å². The molecule has 0 saturated heterocycles. The topological polar surface area (TPSA) is 34.9 Å². The second kappa shape index (κ2) is 5.80. The first-order valence-electron chi connectivity index (χ1n) is 6.56. The number of carbonyl (C=O) groups excluding carboxylic acids is 1. The molecule has 0 amide bonds. The van der Waals surface area contributed by atoms with Gasteiger partial charge in [-0.25, -0.2) is 0 Å². The van der Waals surface area contributed by atoms with Crippen LogP contribution < -0.4 is 0 Å². The van der Waals surface area contributed by atoms with Crippen molar-refractivity contribution in [3.63, 3.8) is 0 Å². The highest BCUT2D eigenvalue weighted by Gasteiger charge is 2.10. The molecule has 0 unspecified atom stereocenters. The number of rotatable bonds is 4. The third kappa shape index (κ3) is 3.29. The lowest BCUT2D eigenvalue weighted by atomic mass is 9.93. The summed E-state index contributed by atoms with van der Waals surface area (Å²) < 4.78 is 1.84. The van der Waals surface area contributed by atoms with Gasteiger partial charge < -0.3 is 0 Å². The Balaban J connectivity index is 2.02. The highest BCUT2D eigenvalue weighted by molar-refractivity contribution is 6.04. The lowest BCUT2D eigenvalue weighted by Crippen LogP contribution is -2.00. The average Bonchev–Trinajstić information content (AvgIpc) is 2.79. The molecule has 1 aromatic heterocycles. The largest absolute Gasteiger partial charge is 0.289 e. The van der Waals surface area contributed by atoms with Crippen LogP contribution in [0, 0.1) is 0 Å². The number of hydrogen-bond donors (Lipinski definition) is 0. The molecule has 0 atom stereocenters. The van der Waals surface area contributed by atoms with Crippen molar-refractivity contribution in [1.29, 1.82) is 0 Å². The number of allylic oxidation sites excluding steroid dienone is 2. The van der Waals surface area contributed by atoms with Crippen LogP contribution in [0.1, 0.15) is 55.8 Å². The Bertz CT molecular complexity index is 410. The van der Waals surface area contributed by atoms with E-state index < -0.39 is 0 Å². The molecule has 92 valence electrons. The Hall–Kier alpha value is -1.38. The Labute approximate surface area is 103 Å². The maximum absolute atomic E-state index is 12.0. The molecular weight excluding hydrogens is 212 g/mol. The summed E-state index contributed by atoms with van der Waals surface area (Å²) in [6, 6.07) is 0. The highest BCUT2D eigenvalue weighted by atomic mass is 16.1. The van der Waals surface area contributed by atoms with E-state index in [1.807, 2.05) is 17.0 Å². The Morgan fingerprint density at radius 2 is 2.18 bits per heavy atom. The van der Waals surface area contributed by atoms with Crippen molar-refractivity contribution in [1.82, 2.24) is 9.78 Å². The van der Waals surface area contributed by atoms with Crippen LogP contribution in [-0.4, -0.2) is 15.6 Å². The molecule has 1 saturated carbocycles. The Morgan fingerprint density at radius 3 is 2.88 bits per heavy atom. The van der Waals surface area contributed by atoms with Gasteiger partial charge in [0.15, 0.2) is 5.78 Å². The number of aromatic nitrogens is 2. The minimum atomic E-state index is 0.115. The monoisotopic (exact) mass is 232 g/mol. The lowest BCUT2D eigenvalue weighted by Gasteiger charge is -2.12. The average molecular weight is 232 g/mol. The van der Waals surface area contributed by atoms with Crippen LogP contribution in [0.3, 0.4) is 0 Å². The molecule has 2 rings (SSSR count). The number of nitrogens with zero attached hydrogens (tertiary/aromatic N) is 2. The summed E-state index contributed by atoms with van der Waals surface area (Å²) >= 11 is 0. The zero-order valence-electron chi connectivity index (χ0n) is 10.5. The number of aryl methyl sites for hydroxylation is 1. The molecule has 1 aliphatic carbocycles. The highest BCUT2D eigenvalue weighted by Crippen LogP contribution is 2.23. The van der Waals surface area contributed by atoms with E-state index in [0.29, 0.717) is 0 Å². The molecule has 3 heteroatoms. The Morgan fingerprint density at radius 1 is 1.41 bits per heavy atom. The molecule has 1 aromatic rings. The molecule has 0 aliphatic heterocycles. The molecule has 0 aromatic carbocycles. The fourth-order valence-electron chi connectivity index (χ4n) is 2.26. The van der Waals surface area contributed by atoms with E-state index in [2.05, 4.69) is 12.0 Å². The molecular formula is C14H20N2O. The second-order valence-corrected chi connectivity index (χ2v) is 4.72. The van der Waals surface area contributed by atoms with Crippen molar-refractivity contribution in [2.45, 2.75) is 52.0 Å². The van der Waals surface area contributed by atoms with Crippen molar-refractivity contribution >= 4 is 5.78 Å². The van der Waals surface area contributed by atoms with Gasteiger partial charge in [-0.15, -0.1) is 0 Å². The summed E-state index contributed by atoms with van der Waals surface area (Å²) in [6.07, 6.45) is 12.3. The summed E-state index contributed by atoms with van der Waals surface area (Å²) in [7, 11) is 0. The standard InChI is InChI=1S/C14H20N2O/c1-2-8-16-11-13(10-15-16)14(17)9-12-6-4-3-5-7-12/h9-11H,2-8H2,1H3.